The van der Waals surface area contributed by atoms with E-state index in [0.717, 1.165) is 41.1 Å². The molecule has 2 unspecified atom stereocenters. The van der Waals surface area contributed by atoms with Crippen LogP contribution in [-0.4, -0.2) is 69.7 Å². The van der Waals surface area contributed by atoms with Gasteiger partial charge in [-0.25, -0.2) is 9.78 Å². The van der Waals surface area contributed by atoms with E-state index in [1.807, 2.05) is 17.2 Å². The van der Waals surface area contributed by atoms with Crippen molar-refractivity contribution in [3.8, 4) is 12.1 Å². The molecule has 2 aliphatic rings. The van der Waals surface area contributed by atoms with Gasteiger partial charge in [-0.2, -0.15) is 10.2 Å². The fourth-order valence-corrected chi connectivity index (χ4v) is 5.25. The van der Waals surface area contributed by atoms with Crippen LogP contribution in [-0.2, 0) is 4.74 Å². The number of amides is 2. The lowest BCUT2D eigenvalue weighted by molar-refractivity contribution is 0.141. The molecule has 3 aromatic rings. The van der Waals surface area contributed by atoms with Crippen molar-refractivity contribution in [1.29, 1.82) is 5.26 Å². The standard InChI is InChI=1S/C21H24N8O3S/c1-31-4-5-32-19-26-20(33-28-19)27-21(30)29-10-12-6-15(7-13(12)11-29)25-17-14(8-22)9-24-18-16(17)2-3-23-18/h2-3,9,12-13,15H,4-7,10-11H2,1H3,(H2,23,24,25)(H,26,27,28,30)/t12-,13?,15?/m1/s1. The third kappa shape index (κ3) is 4.42. The topological polar surface area (TPSA) is 141 Å². The highest BCUT2D eigenvalue weighted by Crippen LogP contribution is 2.40. The summed E-state index contributed by atoms with van der Waals surface area (Å²) in [5, 5.41) is 17.3. The van der Waals surface area contributed by atoms with Crippen molar-refractivity contribution < 1.29 is 14.3 Å². The van der Waals surface area contributed by atoms with E-state index >= 15 is 0 Å². The van der Waals surface area contributed by atoms with Crippen LogP contribution in [0, 0.1) is 23.2 Å². The van der Waals surface area contributed by atoms with E-state index in [1.54, 1.807) is 13.3 Å². The average Bonchev–Trinajstić information content (AvgIpc) is 3.58. The van der Waals surface area contributed by atoms with Gasteiger partial charge in [-0.15, -0.1) is 4.37 Å². The van der Waals surface area contributed by atoms with E-state index in [0.29, 0.717) is 48.8 Å². The highest BCUT2D eigenvalue weighted by molar-refractivity contribution is 7.10. The molecule has 0 spiro atoms. The molecule has 0 bridgehead atoms. The number of likely N-dealkylation sites (tertiary alicyclic amines) is 1. The molecule has 1 aliphatic heterocycles. The number of aromatic amines is 1. The number of carbonyl (C=O) groups is 1. The first kappa shape index (κ1) is 21.4. The van der Waals surface area contributed by atoms with E-state index in [2.05, 4.69) is 36.0 Å². The number of fused-ring (bicyclic) bond motifs is 2. The summed E-state index contributed by atoms with van der Waals surface area (Å²) in [6.07, 6.45) is 5.33. The minimum Gasteiger partial charge on any atom is -0.460 e. The number of carbonyl (C=O) groups excluding carboxylic acids is 1. The Labute approximate surface area is 194 Å². The van der Waals surface area contributed by atoms with Crippen molar-refractivity contribution in [2.45, 2.75) is 18.9 Å². The molecule has 172 valence electrons. The summed E-state index contributed by atoms with van der Waals surface area (Å²) in [6, 6.07) is 4.51. The molecule has 33 heavy (non-hydrogen) atoms. The van der Waals surface area contributed by atoms with Gasteiger partial charge in [0.1, 0.15) is 18.3 Å². The summed E-state index contributed by atoms with van der Waals surface area (Å²) in [4.78, 5) is 26.1. The summed E-state index contributed by atoms with van der Waals surface area (Å²) >= 11 is 1.09. The molecule has 0 radical (unpaired) electrons. The number of ether oxygens (including phenoxy) is 2. The number of anilines is 2. The van der Waals surface area contributed by atoms with E-state index in [9.17, 15) is 10.1 Å². The van der Waals surface area contributed by atoms with Crippen LogP contribution in [0.5, 0.6) is 6.01 Å². The van der Waals surface area contributed by atoms with Crippen LogP contribution in [0.4, 0.5) is 15.6 Å². The van der Waals surface area contributed by atoms with Crippen LogP contribution >= 0.6 is 11.5 Å². The summed E-state index contributed by atoms with van der Waals surface area (Å²) in [5.74, 6) is 0.842. The lowest BCUT2D eigenvalue weighted by Crippen LogP contribution is -2.34. The molecule has 1 aliphatic carbocycles. The number of nitriles is 1. The Bertz CT molecular complexity index is 1170. The van der Waals surface area contributed by atoms with E-state index < -0.39 is 0 Å². The second-order valence-electron chi connectivity index (χ2n) is 8.29. The molecule has 1 saturated carbocycles. The Kier molecular flexibility index (Phi) is 5.97. The highest BCUT2D eigenvalue weighted by Gasteiger charge is 2.42. The number of methoxy groups -OCH3 is 1. The molecule has 3 aromatic heterocycles. The molecule has 2 amide bonds. The third-order valence-electron chi connectivity index (χ3n) is 6.23. The molecule has 11 nitrogen and oxygen atoms in total. The largest absolute Gasteiger partial charge is 0.460 e. The maximum absolute atomic E-state index is 12.7. The van der Waals surface area contributed by atoms with Gasteiger partial charge in [-0.05, 0) is 30.7 Å². The van der Waals surface area contributed by atoms with Gasteiger partial charge >= 0.3 is 12.0 Å². The smallest absolute Gasteiger partial charge is 0.330 e. The van der Waals surface area contributed by atoms with Crippen LogP contribution in [0.1, 0.15) is 18.4 Å². The third-order valence-corrected chi connectivity index (χ3v) is 6.85. The minimum atomic E-state index is -0.163. The molecule has 5 rings (SSSR count). The summed E-state index contributed by atoms with van der Waals surface area (Å²) in [7, 11) is 1.59. The molecule has 3 atom stereocenters. The SMILES string of the molecule is COCCOc1nsc(NC(=O)N2CC3CC(Nc4c(C#N)cnc5[nH]ccc45)C[C@@H]3C2)n1. The lowest BCUT2D eigenvalue weighted by Gasteiger charge is -2.21. The first-order valence-corrected chi connectivity index (χ1v) is 11.6. The zero-order valence-electron chi connectivity index (χ0n) is 18.1. The van der Waals surface area contributed by atoms with Crippen molar-refractivity contribution in [2.24, 2.45) is 11.8 Å². The van der Waals surface area contributed by atoms with Gasteiger partial charge in [0.25, 0.3) is 0 Å². The monoisotopic (exact) mass is 468 g/mol. The first-order valence-electron chi connectivity index (χ1n) is 10.8. The van der Waals surface area contributed by atoms with Crippen LogP contribution < -0.4 is 15.4 Å². The van der Waals surface area contributed by atoms with Crippen LogP contribution in [0.3, 0.4) is 0 Å². The Morgan fingerprint density at radius 2 is 2.18 bits per heavy atom. The predicted octanol–water partition coefficient (Wildman–Crippen LogP) is 2.67. The molecule has 2 fully saturated rings. The van der Waals surface area contributed by atoms with Gasteiger partial charge in [0.2, 0.25) is 5.13 Å². The van der Waals surface area contributed by atoms with Gasteiger partial charge in [0, 0.05) is 55.6 Å². The summed E-state index contributed by atoms with van der Waals surface area (Å²) in [5.41, 5.74) is 2.15. The normalized spacial score (nSPS) is 21.7. The molecular weight excluding hydrogens is 444 g/mol. The zero-order chi connectivity index (χ0) is 22.8. The van der Waals surface area contributed by atoms with Gasteiger partial charge in [0.15, 0.2) is 0 Å². The fraction of sp³-hybridized carbons (Fsp3) is 0.476. The Hall–Kier alpha value is -3.43. The summed E-state index contributed by atoms with van der Waals surface area (Å²) < 4.78 is 14.4. The van der Waals surface area contributed by atoms with Crippen LogP contribution in [0.25, 0.3) is 11.0 Å². The number of urea groups is 1. The van der Waals surface area contributed by atoms with Crippen molar-refractivity contribution in [3.63, 3.8) is 0 Å². The van der Waals surface area contributed by atoms with Gasteiger partial charge in [-0.1, -0.05) is 0 Å². The number of pyridine rings is 1. The highest BCUT2D eigenvalue weighted by atomic mass is 32.1. The number of aromatic nitrogens is 4. The van der Waals surface area contributed by atoms with Crippen molar-refractivity contribution >= 4 is 39.4 Å². The number of H-pyrrole nitrogens is 1. The average molecular weight is 469 g/mol. The van der Waals surface area contributed by atoms with Crippen LogP contribution in [0.2, 0.25) is 0 Å². The minimum absolute atomic E-state index is 0.163. The second-order valence-corrected chi connectivity index (χ2v) is 9.04. The van der Waals surface area contributed by atoms with Crippen LogP contribution in [0.15, 0.2) is 18.5 Å². The van der Waals surface area contributed by atoms with E-state index in [-0.39, 0.29) is 18.1 Å². The second kappa shape index (κ2) is 9.21. The number of hydrogen-bond acceptors (Lipinski definition) is 9. The lowest BCUT2D eigenvalue weighted by atomic mass is 10.0. The Morgan fingerprint density at radius 3 is 2.94 bits per heavy atom. The van der Waals surface area contributed by atoms with E-state index in [1.165, 1.54) is 0 Å². The maximum atomic E-state index is 12.7. The first-order chi connectivity index (χ1) is 16.1. The van der Waals surface area contributed by atoms with Crippen molar-refractivity contribution in [2.75, 3.05) is 44.0 Å². The molecule has 0 aromatic carbocycles. The van der Waals surface area contributed by atoms with Crippen molar-refractivity contribution in [3.05, 3.63) is 24.0 Å². The number of rotatable bonds is 7. The number of nitrogens with one attached hydrogen (secondary N) is 3. The van der Waals surface area contributed by atoms with E-state index in [4.69, 9.17) is 9.47 Å². The zero-order valence-corrected chi connectivity index (χ0v) is 18.9. The molecular formula is C21H24N8O3S. The maximum Gasteiger partial charge on any atom is 0.330 e. The molecule has 3 N–H and O–H groups in total. The number of hydrogen-bond donors (Lipinski definition) is 3. The molecule has 12 heteroatoms. The van der Waals surface area contributed by atoms with Gasteiger partial charge in [0.05, 0.1) is 17.9 Å². The predicted molar refractivity (Wildman–Crippen MR) is 122 cm³/mol. The van der Waals surface area contributed by atoms with Crippen molar-refractivity contribution in [1.82, 2.24) is 24.2 Å². The Morgan fingerprint density at radius 1 is 1.36 bits per heavy atom. The molecule has 4 heterocycles. The Balaban J connectivity index is 1.16. The fourth-order valence-electron chi connectivity index (χ4n) is 4.74. The quantitative estimate of drug-likeness (QED) is 0.450. The summed E-state index contributed by atoms with van der Waals surface area (Å²) in [6.45, 7) is 2.20. The number of nitrogens with zero attached hydrogens (tertiary/aromatic N) is 5. The van der Waals surface area contributed by atoms with Gasteiger partial charge in [-0.3, -0.25) is 5.32 Å². The molecule has 1 saturated heterocycles. The van der Waals surface area contributed by atoms with Gasteiger partial charge < -0.3 is 24.7 Å².